The lowest BCUT2D eigenvalue weighted by molar-refractivity contribution is 0.713. The zero-order valence-electron chi connectivity index (χ0n) is 10.6. The molecule has 0 bridgehead atoms. The molecule has 1 N–H and O–H groups in total. The van der Waals surface area contributed by atoms with E-state index >= 15 is 0 Å². The Kier molecular flexibility index (Phi) is 3.16. The van der Waals surface area contributed by atoms with Crippen LogP contribution in [0.25, 0.3) is 17.0 Å². The molecule has 3 rings (SSSR count). The monoisotopic (exact) mass is 254 g/mol. The molecule has 0 saturated carbocycles. The standard InChI is InChI=1S/C13H14N6/c1-2-14-7-10-8-15-13(16-9-10)19-12-6-4-3-5-11(12)17-18-19/h3-6,8-9,14H,2,7H2,1H3. The van der Waals surface area contributed by atoms with E-state index in [9.17, 15) is 0 Å². The summed E-state index contributed by atoms with van der Waals surface area (Å²) in [5, 5.41) is 11.4. The molecule has 0 amide bonds. The van der Waals surface area contributed by atoms with Gasteiger partial charge in [0.15, 0.2) is 0 Å². The minimum atomic E-state index is 0.536. The molecule has 19 heavy (non-hydrogen) atoms. The molecule has 0 saturated heterocycles. The number of hydrogen-bond acceptors (Lipinski definition) is 5. The van der Waals surface area contributed by atoms with Crippen LogP contribution in [0.2, 0.25) is 0 Å². The molecule has 0 atom stereocenters. The smallest absolute Gasteiger partial charge is 0.252 e. The third-order valence-electron chi connectivity index (χ3n) is 2.81. The average Bonchev–Trinajstić information content (AvgIpc) is 2.90. The average molecular weight is 254 g/mol. The zero-order chi connectivity index (χ0) is 13.1. The first kappa shape index (κ1) is 11.7. The van der Waals surface area contributed by atoms with E-state index in [1.165, 1.54) is 0 Å². The predicted molar refractivity (Wildman–Crippen MR) is 71.8 cm³/mol. The van der Waals surface area contributed by atoms with Crippen LogP contribution >= 0.6 is 0 Å². The summed E-state index contributed by atoms with van der Waals surface area (Å²) >= 11 is 0. The van der Waals surface area contributed by atoms with Gasteiger partial charge in [-0.25, -0.2) is 9.97 Å². The molecule has 0 spiro atoms. The van der Waals surface area contributed by atoms with Crippen molar-refractivity contribution >= 4 is 11.0 Å². The number of aromatic nitrogens is 5. The lowest BCUT2D eigenvalue weighted by Crippen LogP contribution is -2.13. The molecule has 6 heteroatoms. The first-order valence-corrected chi connectivity index (χ1v) is 6.21. The van der Waals surface area contributed by atoms with Crippen LogP contribution in [0.3, 0.4) is 0 Å². The molecule has 96 valence electrons. The van der Waals surface area contributed by atoms with Gasteiger partial charge < -0.3 is 5.32 Å². The maximum Gasteiger partial charge on any atom is 0.252 e. The van der Waals surface area contributed by atoms with Crippen molar-refractivity contribution in [1.29, 1.82) is 0 Å². The molecular formula is C13H14N6. The fraction of sp³-hybridized carbons (Fsp3) is 0.231. The molecule has 0 aliphatic rings. The van der Waals surface area contributed by atoms with Crippen molar-refractivity contribution in [2.75, 3.05) is 6.54 Å². The van der Waals surface area contributed by atoms with E-state index in [0.717, 1.165) is 29.7 Å². The Morgan fingerprint density at radius 2 is 1.95 bits per heavy atom. The first-order valence-electron chi connectivity index (χ1n) is 6.21. The van der Waals surface area contributed by atoms with Crippen LogP contribution in [0, 0.1) is 0 Å². The molecule has 1 aromatic carbocycles. The van der Waals surface area contributed by atoms with E-state index in [1.54, 1.807) is 17.1 Å². The maximum atomic E-state index is 4.33. The SMILES string of the molecule is CCNCc1cnc(-n2nnc3ccccc32)nc1. The fourth-order valence-electron chi connectivity index (χ4n) is 1.83. The topological polar surface area (TPSA) is 68.5 Å². The maximum absolute atomic E-state index is 4.33. The van der Waals surface area contributed by atoms with Crippen LogP contribution in [-0.4, -0.2) is 31.5 Å². The van der Waals surface area contributed by atoms with Gasteiger partial charge in [0.2, 0.25) is 0 Å². The number of nitrogens with one attached hydrogen (secondary N) is 1. The highest BCUT2D eigenvalue weighted by molar-refractivity contribution is 5.75. The Labute approximate surface area is 110 Å². The van der Waals surface area contributed by atoms with Crippen LogP contribution < -0.4 is 5.32 Å². The Balaban J connectivity index is 1.93. The molecule has 0 aliphatic carbocycles. The van der Waals surface area contributed by atoms with E-state index in [0.29, 0.717) is 5.95 Å². The van der Waals surface area contributed by atoms with E-state index in [1.807, 2.05) is 24.3 Å². The molecule has 6 nitrogen and oxygen atoms in total. The quantitative estimate of drug-likeness (QED) is 0.760. The summed E-state index contributed by atoms with van der Waals surface area (Å²) in [7, 11) is 0. The van der Waals surface area contributed by atoms with Crippen LogP contribution in [0.5, 0.6) is 0 Å². The second-order valence-corrected chi connectivity index (χ2v) is 4.16. The van der Waals surface area contributed by atoms with Gasteiger partial charge in [-0.1, -0.05) is 24.3 Å². The van der Waals surface area contributed by atoms with E-state index < -0.39 is 0 Å². The van der Waals surface area contributed by atoms with Crippen molar-refractivity contribution in [2.24, 2.45) is 0 Å². The third kappa shape index (κ3) is 2.30. The van der Waals surface area contributed by atoms with E-state index in [2.05, 4.69) is 32.5 Å². The van der Waals surface area contributed by atoms with Crippen LogP contribution in [-0.2, 0) is 6.54 Å². The fourth-order valence-corrected chi connectivity index (χ4v) is 1.83. The minimum absolute atomic E-state index is 0.536. The molecule has 2 heterocycles. The Bertz CT molecular complexity index is 673. The second kappa shape index (κ2) is 5.11. The van der Waals surface area contributed by atoms with Crippen molar-refractivity contribution in [3.63, 3.8) is 0 Å². The van der Waals surface area contributed by atoms with Crippen molar-refractivity contribution < 1.29 is 0 Å². The lowest BCUT2D eigenvalue weighted by atomic mass is 10.3. The Morgan fingerprint density at radius 1 is 1.16 bits per heavy atom. The zero-order valence-corrected chi connectivity index (χ0v) is 10.6. The largest absolute Gasteiger partial charge is 0.313 e. The van der Waals surface area contributed by atoms with Gasteiger partial charge in [0.05, 0.1) is 5.52 Å². The molecule has 0 fully saturated rings. The summed E-state index contributed by atoms with van der Waals surface area (Å²) in [5.74, 6) is 0.536. The van der Waals surface area contributed by atoms with Gasteiger partial charge in [-0.3, -0.25) is 0 Å². The normalized spacial score (nSPS) is 11.0. The van der Waals surface area contributed by atoms with Gasteiger partial charge in [-0.05, 0) is 18.7 Å². The summed E-state index contributed by atoms with van der Waals surface area (Å²) in [6, 6.07) is 7.74. The molecule has 2 aromatic heterocycles. The van der Waals surface area contributed by atoms with Gasteiger partial charge in [-0.15, -0.1) is 5.10 Å². The van der Waals surface area contributed by atoms with Gasteiger partial charge in [0.1, 0.15) is 5.52 Å². The predicted octanol–water partition coefficient (Wildman–Crippen LogP) is 1.32. The second-order valence-electron chi connectivity index (χ2n) is 4.16. The van der Waals surface area contributed by atoms with Gasteiger partial charge in [-0.2, -0.15) is 4.68 Å². The molecule has 0 radical (unpaired) electrons. The van der Waals surface area contributed by atoms with Crippen LogP contribution in [0.4, 0.5) is 0 Å². The third-order valence-corrected chi connectivity index (χ3v) is 2.81. The highest BCUT2D eigenvalue weighted by atomic mass is 15.5. The summed E-state index contributed by atoms with van der Waals surface area (Å²) < 4.78 is 1.65. The first-order chi connectivity index (χ1) is 9.38. The van der Waals surface area contributed by atoms with Gasteiger partial charge in [0.25, 0.3) is 5.95 Å². The highest BCUT2D eigenvalue weighted by Crippen LogP contribution is 2.12. The van der Waals surface area contributed by atoms with Crippen molar-refractivity contribution in [1.82, 2.24) is 30.3 Å². The number of rotatable bonds is 4. The highest BCUT2D eigenvalue weighted by Gasteiger charge is 2.07. The minimum Gasteiger partial charge on any atom is -0.313 e. The number of nitrogens with zero attached hydrogens (tertiary/aromatic N) is 5. The van der Waals surface area contributed by atoms with Crippen molar-refractivity contribution in [2.45, 2.75) is 13.5 Å². The van der Waals surface area contributed by atoms with Crippen LogP contribution in [0.15, 0.2) is 36.7 Å². The van der Waals surface area contributed by atoms with Crippen molar-refractivity contribution in [3.8, 4) is 5.95 Å². The van der Waals surface area contributed by atoms with Crippen molar-refractivity contribution in [3.05, 3.63) is 42.2 Å². The van der Waals surface area contributed by atoms with E-state index in [4.69, 9.17) is 0 Å². The summed E-state index contributed by atoms with van der Waals surface area (Å²) in [6.07, 6.45) is 3.61. The number of hydrogen-bond donors (Lipinski definition) is 1. The van der Waals surface area contributed by atoms with E-state index in [-0.39, 0.29) is 0 Å². The van der Waals surface area contributed by atoms with Crippen LogP contribution in [0.1, 0.15) is 12.5 Å². The number of fused-ring (bicyclic) bond motifs is 1. The lowest BCUT2D eigenvalue weighted by Gasteiger charge is -2.03. The number of para-hydroxylation sites is 1. The Hall–Kier alpha value is -2.34. The molecular weight excluding hydrogens is 240 g/mol. The Morgan fingerprint density at radius 3 is 2.74 bits per heavy atom. The summed E-state index contributed by atoms with van der Waals surface area (Å²) in [4.78, 5) is 8.67. The van der Waals surface area contributed by atoms with Gasteiger partial charge >= 0.3 is 0 Å². The van der Waals surface area contributed by atoms with Gasteiger partial charge in [0, 0.05) is 24.5 Å². The summed E-state index contributed by atoms with van der Waals surface area (Å²) in [6.45, 7) is 3.77. The molecule has 3 aromatic rings. The molecule has 0 unspecified atom stereocenters. The molecule has 0 aliphatic heterocycles. The summed E-state index contributed by atoms with van der Waals surface area (Å²) in [5.41, 5.74) is 2.79. The number of benzene rings is 1.